The van der Waals surface area contributed by atoms with Gasteiger partial charge in [-0.2, -0.15) is 0 Å². The van der Waals surface area contributed by atoms with Gasteiger partial charge < -0.3 is 20.1 Å². The molecule has 0 aromatic heterocycles. The van der Waals surface area contributed by atoms with E-state index in [2.05, 4.69) is 10.6 Å². The molecule has 1 saturated carbocycles. The van der Waals surface area contributed by atoms with E-state index in [0.29, 0.717) is 23.7 Å². The molecule has 2 aliphatic rings. The Morgan fingerprint density at radius 1 is 1.26 bits per heavy atom. The van der Waals surface area contributed by atoms with Crippen LogP contribution in [0.25, 0.3) is 0 Å². The summed E-state index contributed by atoms with van der Waals surface area (Å²) in [5, 5.41) is 5.52. The topological polar surface area (TPSA) is 76.7 Å². The van der Waals surface area contributed by atoms with E-state index < -0.39 is 0 Å². The van der Waals surface area contributed by atoms with Crippen molar-refractivity contribution in [3.8, 4) is 11.5 Å². The number of amides is 2. The minimum Gasteiger partial charge on any atom is -0.493 e. The van der Waals surface area contributed by atoms with Gasteiger partial charge in [0.1, 0.15) is 0 Å². The fourth-order valence-corrected chi connectivity index (χ4v) is 3.07. The molecule has 1 atom stereocenters. The summed E-state index contributed by atoms with van der Waals surface area (Å²) >= 11 is 0. The Bertz CT molecular complexity index is 596. The van der Waals surface area contributed by atoms with Crippen LogP contribution in [0.3, 0.4) is 0 Å². The lowest BCUT2D eigenvalue weighted by Crippen LogP contribution is -2.24. The molecule has 6 heteroatoms. The van der Waals surface area contributed by atoms with Gasteiger partial charge in [0, 0.05) is 24.7 Å². The first-order chi connectivity index (χ1) is 11.2. The summed E-state index contributed by atoms with van der Waals surface area (Å²) in [4.78, 5) is 23.4. The van der Waals surface area contributed by atoms with Crippen LogP contribution in [0.5, 0.6) is 11.5 Å². The van der Waals surface area contributed by atoms with Crippen molar-refractivity contribution >= 4 is 17.5 Å². The molecule has 0 spiro atoms. The van der Waals surface area contributed by atoms with Crippen LogP contribution in [-0.4, -0.2) is 31.6 Å². The smallest absolute Gasteiger partial charge is 0.229 e. The molecule has 23 heavy (non-hydrogen) atoms. The second-order valence-electron chi connectivity index (χ2n) is 6.08. The lowest BCUT2D eigenvalue weighted by Gasteiger charge is -2.17. The Morgan fingerprint density at radius 2 is 2.04 bits per heavy atom. The molecule has 0 unspecified atom stereocenters. The maximum Gasteiger partial charge on any atom is 0.229 e. The number of benzene rings is 1. The minimum absolute atomic E-state index is 0.0786. The lowest BCUT2D eigenvalue weighted by molar-refractivity contribution is -0.123. The van der Waals surface area contributed by atoms with E-state index in [-0.39, 0.29) is 30.3 Å². The molecule has 2 fully saturated rings. The van der Waals surface area contributed by atoms with Crippen molar-refractivity contribution in [1.29, 1.82) is 0 Å². The van der Waals surface area contributed by atoms with Crippen LogP contribution in [0, 0.1) is 5.92 Å². The van der Waals surface area contributed by atoms with Crippen molar-refractivity contribution in [2.24, 2.45) is 5.92 Å². The molecule has 124 valence electrons. The summed E-state index contributed by atoms with van der Waals surface area (Å²) in [6, 6.07) is 5.36. The molecule has 1 aliphatic heterocycles. The van der Waals surface area contributed by atoms with Crippen molar-refractivity contribution in [3.63, 3.8) is 0 Å². The van der Waals surface area contributed by atoms with Crippen LogP contribution in [-0.2, 0) is 9.59 Å². The zero-order valence-electron chi connectivity index (χ0n) is 13.3. The molecule has 0 radical (unpaired) electrons. The normalized spacial score (nSPS) is 21.1. The number of anilines is 1. The van der Waals surface area contributed by atoms with E-state index in [0.717, 1.165) is 12.8 Å². The Kier molecular flexibility index (Phi) is 4.69. The second-order valence-corrected chi connectivity index (χ2v) is 6.08. The highest BCUT2D eigenvalue weighted by atomic mass is 16.5. The number of methoxy groups -OCH3 is 1. The summed E-state index contributed by atoms with van der Waals surface area (Å²) < 4.78 is 11.4. The molecule has 1 aliphatic carbocycles. The average Bonchev–Trinajstić information content (AvgIpc) is 3.19. The Labute approximate surface area is 135 Å². The van der Waals surface area contributed by atoms with Gasteiger partial charge in [-0.15, -0.1) is 0 Å². The summed E-state index contributed by atoms with van der Waals surface area (Å²) in [5.74, 6) is 0.764. The van der Waals surface area contributed by atoms with E-state index in [1.807, 2.05) is 0 Å². The van der Waals surface area contributed by atoms with E-state index in [1.165, 1.54) is 12.8 Å². The number of nitrogens with one attached hydrogen (secondary N) is 2. The summed E-state index contributed by atoms with van der Waals surface area (Å²) in [6.45, 7) is 0.395. The van der Waals surface area contributed by atoms with Gasteiger partial charge in [0.05, 0.1) is 19.1 Å². The van der Waals surface area contributed by atoms with Crippen molar-refractivity contribution in [2.45, 2.75) is 38.2 Å². The third kappa shape index (κ3) is 3.75. The SMILES string of the molecule is COc1ccc(NC(=O)[C@@H]2CNC(=O)C2)cc1OC1CCCC1. The first-order valence-electron chi connectivity index (χ1n) is 8.08. The lowest BCUT2D eigenvalue weighted by atomic mass is 10.1. The molecule has 1 aromatic carbocycles. The molecule has 3 rings (SSSR count). The molecule has 2 N–H and O–H groups in total. The Balaban J connectivity index is 1.69. The van der Waals surface area contributed by atoms with Crippen LogP contribution >= 0.6 is 0 Å². The molecular weight excluding hydrogens is 296 g/mol. The van der Waals surface area contributed by atoms with E-state index in [9.17, 15) is 9.59 Å². The van der Waals surface area contributed by atoms with Gasteiger partial charge in [-0.3, -0.25) is 9.59 Å². The molecule has 0 bridgehead atoms. The van der Waals surface area contributed by atoms with Crippen molar-refractivity contribution < 1.29 is 19.1 Å². The summed E-state index contributed by atoms with van der Waals surface area (Å²) in [7, 11) is 1.60. The second kappa shape index (κ2) is 6.89. The van der Waals surface area contributed by atoms with Gasteiger partial charge in [0.25, 0.3) is 0 Å². The zero-order chi connectivity index (χ0) is 16.2. The maximum absolute atomic E-state index is 12.2. The molecule has 2 amide bonds. The minimum atomic E-state index is -0.316. The largest absolute Gasteiger partial charge is 0.493 e. The number of hydrogen-bond donors (Lipinski definition) is 2. The quantitative estimate of drug-likeness (QED) is 0.871. The number of carbonyl (C=O) groups excluding carboxylic acids is 2. The number of rotatable bonds is 5. The highest BCUT2D eigenvalue weighted by Crippen LogP contribution is 2.34. The molecular formula is C17H22N2O4. The van der Waals surface area contributed by atoms with Crippen molar-refractivity contribution in [3.05, 3.63) is 18.2 Å². The van der Waals surface area contributed by atoms with Gasteiger partial charge in [-0.25, -0.2) is 0 Å². The monoisotopic (exact) mass is 318 g/mol. The van der Waals surface area contributed by atoms with Crippen LogP contribution in [0.15, 0.2) is 18.2 Å². The van der Waals surface area contributed by atoms with Gasteiger partial charge in [0.15, 0.2) is 11.5 Å². The van der Waals surface area contributed by atoms with Gasteiger partial charge >= 0.3 is 0 Å². The third-order valence-corrected chi connectivity index (χ3v) is 4.38. The summed E-state index contributed by atoms with van der Waals surface area (Å²) in [5.41, 5.74) is 0.656. The first-order valence-corrected chi connectivity index (χ1v) is 8.08. The van der Waals surface area contributed by atoms with Crippen LogP contribution < -0.4 is 20.1 Å². The van der Waals surface area contributed by atoms with Gasteiger partial charge in [-0.1, -0.05) is 0 Å². The highest BCUT2D eigenvalue weighted by molar-refractivity contribution is 5.97. The fourth-order valence-electron chi connectivity index (χ4n) is 3.07. The van der Waals surface area contributed by atoms with E-state index in [1.54, 1.807) is 25.3 Å². The van der Waals surface area contributed by atoms with Gasteiger partial charge in [-0.05, 0) is 37.8 Å². The van der Waals surface area contributed by atoms with E-state index in [4.69, 9.17) is 9.47 Å². The van der Waals surface area contributed by atoms with Crippen LogP contribution in [0.2, 0.25) is 0 Å². The molecule has 6 nitrogen and oxygen atoms in total. The third-order valence-electron chi connectivity index (χ3n) is 4.38. The Hall–Kier alpha value is -2.24. The highest BCUT2D eigenvalue weighted by Gasteiger charge is 2.28. The first kappa shape index (κ1) is 15.6. The number of hydrogen-bond acceptors (Lipinski definition) is 4. The van der Waals surface area contributed by atoms with Crippen LogP contribution in [0.4, 0.5) is 5.69 Å². The summed E-state index contributed by atoms with van der Waals surface area (Å²) in [6.07, 6.45) is 4.93. The molecule has 1 aromatic rings. The van der Waals surface area contributed by atoms with Crippen molar-refractivity contribution in [1.82, 2.24) is 5.32 Å². The standard InChI is InChI=1S/C17H22N2O4/c1-22-14-7-6-12(9-15(14)23-13-4-2-3-5-13)19-17(21)11-8-16(20)18-10-11/h6-7,9,11,13H,2-5,8,10H2,1H3,(H,18,20)(H,19,21)/t11-/m0/s1. The number of carbonyl (C=O) groups is 2. The predicted molar refractivity (Wildman–Crippen MR) is 85.6 cm³/mol. The van der Waals surface area contributed by atoms with Crippen molar-refractivity contribution in [2.75, 3.05) is 19.0 Å². The number of ether oxygens (including phenoxy) is 2. The zero-order valence-corrected chi connectivity index (χ0v) is 13.3. The van der Waals surface area contributed by atoms with Gasteiger partial charge in [0.2, 0.25) is 11.8 Å². The molecule has 1 saturated heterocycles. The van der Waals surface area contributed by atoms with E-state index >= 15 is 0 Å². The van der Waals surface area contributed by atoms with Crippen LogP contribution in [0.1, 0.15) is 32.1 Å². The molecule has 1 heterocycles. The average molecular weight is 318 g/mol. The predicted octanol–water partition coefficient (Wildman–Crippen LogP) is 2.09. The maximum atomic E-state index is 12.2. The Morgan fingerprint density at radius 3 is 2.70 bits per heavy atom. The fraction of sp³-hybridized carbons (Fsp3) is 0.529.